The molecule has 0 saturated heterocycles. The molecule has 0 aliphatic heterocycles. The second kappa shape index (κ2) is 13.4. The van der Waals surface area contributed by atoms with Crippen LogP contribution in [0.1, 0.15) is 52.2 Å². The maximum Gasteiger partial charge on any atom is 0.242 e. The highest BCUT2D eigenvalue weighted by Gasteiger charge is 2.26. The number of aryl methyl sites for hydroxylation is 1. The van der Waals surface area contributed by atoms with E-state index in [1.54, 1.807) is 24.0 Å². The van der Waals surface area contributed by atoms with Gasteiger partial charge in [-0.1, -0.05) is 35.3 Å². The summed E-state index contributed by atoms with van der Waals surface area (Å²) in [5.74, 6) is 0.999. The van der Waals surface area contributed by atoms with Crippen molar-refractivity contribution in [1.82, 2.24) is 10.2 Å². The molecule has 0 heterocycles. The van der Waals surface area contributed by atoms with E-state index < -0.39 is 6.04 Å². The van der Waals surface area contributed by atoms with Gasteiger partial charge >= 0.3 is 0 Å². The second-order valence-electron chi connectivity index (χ2n) is 8.26. The first kappa shape index (κ1) is 27.8. The van der Waals surface area contributed by atoms with E-state index in [9.17, 15) is 9.59 Å². The van der Waals surface area contributed by atoms with E-state index in [2.05, 4.69) is 5.32 Å². The van der Waals surface area contributed by atoms with E-state index in [-0.39, 0.29) is 30.8 Å². The highest BCUT2D eigenvalue weighted by Crippen LogP contribution is 2.29. The van der Waals surface area contributed by atoms with Crippen molar-refractivity contribution in [3.8, 4) is 11.5 Å². The van der Waals surface area contributed by atoms with Crippen molar-refractivity contribution in [2.45, 2.75) is 66.1 Å². The molecule has 0 bridgehead atoms. The Bertz CT molecular complexity index is 981. The summed E-state index contributed by atoms with van der Waals surface area (Å²) in [5.41, 5.74) is 1.75. The first-order valence-electron chi connectivity index (χ1n) is 11.6. The Balaban J connectivity index is 2.20. The van der Waals surface area contributed by atoms with Gasteiger partial charge < -0.3 is 19.7 Å². The van der Waals surface area contributed by atoms with E-state index in [4.69, 9.17) is 32.7 Å². The molecule has 0 aliphatic rings. The predicted octanol–water partition coefficient (Wildman–Crippen LogP) is 5.67. The van der Waals surface area contributed by atoms with Gasteiger partial charge in [0.1, 0.15) is 6.04 Å². The minimum Gasteiger partial charge on any atom is -0.490 e. The van der Waals surface area contributed by atoms with Gasteiger partial charge in [0.15, 0.2) is 11.5 Å². The Morgan fingerprint density at radius 2 is 1.56 bits per heavy atom. The zero-order valence-corrected chi connectivity index (χ0v) is 22.0. The molecule has 0 radical (unpaired) electrons. The lowest BCUT2D eigenvalue weighted by atomic mass is 10.1. The predicted molar refractivity (Wildman–Crippen MR) is 137 cm³/mol. The van der Waals surface area contributed by atoms with Gasteiger partial charge in [0, 0.05) is 19.0 Å². The minimum absolute atomic E-state index is 0.0299. The third kappa shape index (κ3) is 8.10. The van der Waals surface area contributed by atoms with E-state index in [1.165, 1.54) is 0 Å². The zero-order chi connectivity index (χ0) is 25.3. The molecule has 2 aromatic carbocycles. The second-order valence-corrected chi connectivity index (χ2v) is 9.07. The van der Waals surface area contributed by atoms with Crippen molar-refractivity contribution in [2.24, 2.45) is 0 Å². The van der Waals surface area contributed by atoms with Gasteiger partial charge in [-0.05, 0) is 76.4 Å². The largest absolute Gasteiger partial charge is 0.490 e. The Labute approximate surface area is 212 Å². The summed E-state index contributed by atoms with van der Waals surface area (Å²) in [7, 11) is 0. The van der Waals surface area contributed by atoms with Gasteiger partial charge in [0.2, 0.25) is 11.8 Å². The lowest BCUT2D eigenvalue weighted by molar-refractivity contribution is -0.140. The van der Waals surface area contributed by atoms with Crippen molar-refractivity contribution in [3.63, 3.8) is 0 Å². The highest BCUT2D eigenvalue weighted by atomic mass is 35.5. The number of hydrogen-bond acceptors (Lipinski definition) is 4. The highest BCUT2D eigenvalue weighted by molar-refractivity contribution is 6.42. The van der Waals surface area contributed by atoms with Crippen LogP contribution in [-0.2, 0) is 22.6 Å². The molecule has 8 heteroatoms. The molecule has 34 heavy (non-hydrogen) atoms. The van der Waals surface area contributed by atoms with Gasteiger partial charge in [-0.15, -0.1) is 0 Å². The summed E-state index contributed by atoms with van der Waals surface area (Å²) >= 11 is 12.2. The van der Waals surface area contributed by atoms with Gasteiger partial charge in [-0.25, -0.2) is 0 Å². The molecule has 0 aromatic heterocycles. The van der Waals surface area contributed by atoms with Crippen LogP contribution in [-0.4, -0.2) is 42.0 Å². The molecule has 0 saturated carbocycles. The number of hydrogen-bond donors (Lipinski definition) is 1. The molecule has 6 nitrogen and oxygen atoms in total. The number of halogens is 2. The number of rotatable bonds is 12. The summed E-state index contributed by atoms with van der Waals surface area (Å²) in [6.07, 6.45) is 0.738. The third-order valence-corrected chi connectivity index (χ3v) is 5.91. The summed E-state index contributed by atoms with van der Waals surface area (Å²) in [6.45, 7) is 10.6. The van der Waals surface area contributed by atoms with Crippen LogP contribution in [0, 0.1) is 0 Å². The van der Waals surface area contributed by atoms with Crippen LogP contribution in [0.4, 0.5) is 0 Å². The van der Waals surface area contributed by atoms with Gasteiger partial charge in [0.25, 0.3) is 0 Å². The molecule has 1 atom stereocenters. The van der Waals surface area contributed by atoms with Crippen molar-refractivity contribution >= 4 is 35.0 Å². The summed E-state index contributed by atoms with van der Waals surface area (Å²) < 4.78 is 11.3. The summed E-state index contributed by atoms with van der Waals surface area (Å²) in [5, 5.41) is 3.73. The van der Waals surface area contributed by atoms with Gasteiger partial charge in [-0.2, -0.15) is 0 Å². The topological polar surface area (TPSA) is 67.9 Å². The fourth-order valence-electron chi connectivity index (χ4n) is 3.47. The van der Waals surface area contributed by atoms with Crippen molar-refractivity contribution in [1.29, 1.82) is 0 Å². The number of ether oxygens (including phenoxy) is 2. The fourth-order valence-corrected chi connectivity index (χ4v) is 3.79. The maximum absolute atomic E-state index is 13.3. The van der Waals surface area contributed by atoms with Crippen LogP contribution in [0.5, 0.6) is 11.5 Å². The summed E-state index contributed by atoms with van der Waals surface area (Å²) in [4.78, 5) is 27.6. The normalized spacial score (nSPS) is 11.8. The monoisotopic (exact) mass is 508 g/mol. The van der Waals surface area contributed by atoms with Gasteiger partial charge in [0.05, 0.1) is 23.3 Å². The number of nitrogens with zero attached hydrogens (tertiary/aromatic N) is 1. The van der Waals surface area contributed by atoms with Crippen LogP contribution in [0.3, 0.4) is 0 Å². The van der Waals surface area contributed by atoms with E-state index in [0.717, 1.165) is 11.1 Å². The van der Waals surface area contributed by atoms with Crippen LogP contribution < -0.4 is 14.8 Å². The first-order chi connectivity index (χ1) is 16.2. The fraction of sp³-hybridized carbons (Fsp3) is 0.462. The molecule has 0 aliphatic carbocycles. The lowest BCUT2D eigenvalue weighted by Crippen LogP contribution is -2.49. The van der Waals surface area contributed by atoms with Crippen LogP contribution in [0.2, 0.25) is 10.0 Å². The molecule has 2 rings (SSSR count). The number of amides is 2. The molecular formula is C26H34Cl2N2O4. The Morgan fingerprint density at radius 3 is 2.18 bits per heavy atom. The van der Waals surface area contributed by atoms with Crippen molar-refractivity contribution in [2.75, 3.05) is 13.2 Å². The molecule has 1 N–H and O–H groups in total. The summed E-state index contributed by atoms with van der Waals surface area (Å²) in [6, 6.07) is 10.2. The molecule has 0 spiro atoms. The maximum atomic E-state index is 13.3. The smallest absolute Gasteiger partial charge is 0.242 e. The van der Waals surface area contributed by atoms with Crippen molar-refractivity contribution in [3.05, 3.63) is 57.6 Å². The van der Waals surface area contributed by atoms with Crippen molar-refractivity contribution < 1.29 is 19.1 Å². The van der Waals surface area contributed by atoms with Crippen LogP contribution in [0.25, 0.3) is 0 Å². The average molecular weight is 509 g/mol. The molecule has 186 valence electrons. The number of nitrogens with one attached hydrogen (secondary N) is 1. The van der Waals surface area contributed by atoms with E-state index in [1.807, 2.05) is 52.0 Å². The molecular weight excluding hydrogens is 475 g/mol. The Morgan fingerprint density at radius 1 is 0.912 bits per heavy atom. The molecule has 1 unspecified atom stereocenters. The molecule has 2 amide bonds. The number of carbonyl (C=O) groups is 2. The van der Waals surface area contributed by atoms with E-state index in [0.29, 0.717) is 41.2 Å². The Hall–Kier alpha value is -2.44. The van der Waals surface area contributed by atoms with Crippen LogP contribution >= 0.6 is 23.2 Å². The molecule has 0 fully saturated rings. The van der Waals surface area contributed by atoms with Gasteiger partial charge in [-0.3, -0.25) is 9.59 Å². The lowest BCUT2D eigenvalue weighted by Gasteiger charge is -2.29. The number of benzene rings is 2. The molecule has 2 aromatic rings. The van der Waals surface area contributed by atoms with E-state index >= 15 is 0 Å². The quantitative estimate of drug-likeness (QED) is 0.401. The zero-order valence-electron chi connectivity index (χ0n) is 20.5. The van der Waals surface area contributed by atoms with Crippen LogP contribution in [0.15, 0.2) is 36.4 Å². The minimum atomic E-state index is -0.649. The standard InChI is InChI=1S/C26H34Cl2N2O4/c1-6-33-23-12-9-19(15-24(23)34-7-2)10-13-25(31)30(18(5)26(32)29-17(3)4)16-20-8-11-21(27)22(28)14-20/h8-9,11-12,14-15,17-18H,6-7,10,13,16H2,1-5H3,(H,29,32). The SMILES string of the molecule is CCOc1ccc(CCC(=O)N(Cc2ccc(Cl)c(Cl)c2)C(C)C(=O)NC(C)C)cc1OCC. The first-order valence-corrected chi connectivity index (χ1v) is 12.3. The third-order valence-electron chi connectivity index (χ3n) is 5.17. The average Bonchev–Trinajstić information content (AvgIpc) is 2.79. The Kier molecular flexibility index (Phi) is 11.0. The number of carbonyl (C=O) groups excluding carboxylic acids is 2.